The number of rotatable bonds is 8. The van der Waals surface area contributed by atoms with Gasteiger partial charge >= 0.3 is 12.1 Å². The third kappa shape index (κ3) is 6.02. The number of carboxylic acid groups (broad SMARTS) is 1. The van der Waals surface area contributed by atoms with Gasteiger partial charge in [0.1, 0.15) is 5.82 Å². The Balaban J connectivity index is 1.49. The second-order valence-corrected chi connectivity index (χ2v) is 13.3. The number of carbonyl (C=O) groups excluding carboxylic acids is 2. The molecule has 1 N–H and O–H groups in total. The van der Waals surface area contributed by atoms with Crippen LogP contribution in [0.1, 0.15) is 97.7 Å². The number of carboxylic acids is 1. The molecular weight excluding hydrogens is 617 g/mol. The number of aliphatic carboxylic acids is 1. The number of hydrogen-bond donors (Lipinski definition) is 1. The van der Waals surface area contributed by atoms with Crippen LogP contribution in [0.2, 0.25) is 10.0 Å². The zero-order chi connectivity index (χ0) is 31.5. The van der Waals surface area contributed by atoms with Crippen molar-refractivity contribution in [2.75, 3.05) is 13.1 Å². The molecule has 14 heteroatoms. The smallest absolute Gasteiger partial charge is 0.433 e. The topological polar surface area (TPSA) is 102 Å². The molecule has 1 amide bonds. The fraction of sp³-hybridized carbons (Fsp3) is 0.586. The zero-order valence-corrected chi connectivity index (χ0v) is 25.1. The Kier molecular flexibility index (Phi) is 8.13. The van der Waals surface area contributed by atoms with E-state index in [9.17, 15) is 37.1 Å². The fourth-order valence-electron chi connectivity index (χ4n) is 6.71. The minimum atomic E-state index is -4.98. The summed E-state index contributed by atoms with van der Waals surface area (Å²) in [6.07, 6.45) is -1.11. The summed E-state index contributed by atoms with van der Waals surface area (Å²) >= 11 is 12.2. The number of benzene rings is 1. The number of aromatic nitrogens is 2. The number of ketones is 1. The molecule has 1 aromatic carbocycles. The normalized spacial score (nSPS) is 28.7. The van der Waals surface area contributed by atoms with E-state index in [4.69, 9.17) is 27.9 Å². The molecule has 2 aromatic rings. The van der Waals surface area contributed by atoms with E-state index in [2.05, 4.69) is 5.10 Å². The van der Waals surface area contributed by atoms with Crippen LogP contribution in [-0.2, 0) is 15.7 Å². The quantitative estimate of drug-likeness (QED) is 0.245. The molecule has 1 saturated carbocycles. The second kappa shape index (κ2) is 11.0. The number of Topliss-reactive ketones (excluding diaryl/α,β-unsaturated/α-hetero) is 1. The van der Waals surface area contributed by atoms with Gasteiger partial charge in [0.15, 0.2) is 11.5 Å². The van der Waals surface area contributed by atoms with Crippen molar-refractivity contribution in [3.8, 4) is 0 Å². The molecule has 3 heterocycles. The summed E-state index contributed by atoms with van der Waals surface area (Å²) in [5.41, 5.74) is -4.58. The lowest BCUT2D eigenvalue weighted by atomic mass is 9.74. The summed E-state index contributed by atoms with van der Waals surface area (Å²) in [5, 5.41) is 12.9. The molecule has 234 valence electrons. The first-order chi connectivity index (χ1) is 20.0. The number of ether oxygens (including phenoxy) is 1. The average Bonchev–Trinajstić information content (AvgIpc) is 3.58. The highest BCUT2D eigenvalue weighted by Gasteiger charge is 2.54. The van der Waals surface area contributed by atoms with E-state index in [0.29, 0.717) is 25.7 Å². The Morgan fingerprint density at radius 3 is 2.14 bits per heavy atom. The van der Waals surface area contributed by atoms with Crippen molar-refractivity contribution in [1.82, 2.24) is 14.7 Å². The Bertz CT molecular complexity index is 1440. The molecular formula is C29H31Cl2F4N3O5. The molecule has 0 atom stereocenters. The Morgan fingerprint density at radius 2 is 1.65 bits per heavy atom. The maximum atomic E-state index is 14.6. The number of carbonyl (C=O) groups is 3. The van der Waals surface area contributed by atoms with E-state index in [1.54, 1.807) is 6.92 Å². The van der Waals surface area contributed by atoms with E-state index >= 15 is 0 Å². The largest absolute Gasteiger partial charge is 0.481 e. The highest BCUT2D eigenvalue weighted by atomic mass is 35.5. The fourth-order valence-corrected chi connectivity index (χ4v) is 7.38. The van der Waals surface area contributed by atoms with Gasteiger partial charge in [-0.25, -0.2) is 4.39 Å². The molecule has 0 radical (unpaired) electrons. The van der Waals surface area contributed by atoms with Crippen LogP contribution in [0, 0.1) is 11.2 Å². The molecule has 2 saturated heterocycles. The molecule has 2 aliphatic heterocycles. The molecule has 43 heavy (non-hydrogen) atoms. The highest BCUT2D eigenvalue weighted by molar-refractivity contribution is 6.40. The van der Waals surface area contributed by atoms with Gasteiger partial charge in [0, 0.05) is 0 Å². The van der Waals surface area contributed by atoms with Gasteiger partial charge < -0.3 is 14.7 Å². The highest BCUT2D eigenvalue weighted by Crippen LogP contribution is 2.51. The predicted octanol–water partition coefficient (Wildman–Crippen LogP) is 6.98. The minimum Gasteiger partial charge on any atom is -0.481 e. The monoisotopic (exact) mass is 647 g/mol. The maximum Gasteiger partial charge on any atom is 0.433 e. The maximum absolute atomic E-state index is 14.6. The van der Waals surface area contributed by atoms with Gasteiger partial charge in [0.05, 0.1) is 63.1 Å². The number of alkyl halides is 3. The van der Waals surface area contributed by atoms with Crippen LogP contribution in [0.25, 0.3) is 0 Å². The SMILES string of the molecule is CC1(C(=O)O)CCC(n2ncc(C(=O)N(CC(=O)c3c(Cl)cc(F)cc3Cl)C[C@]34CC[C@@](C)(CC3)O4)c2C(F)(F)F)CC1. The standard InChI is InChI=1S/C29H31Cl2F4N3O5/c1-26(25(41)42)5-3-17(4-6-26)38-23(29(33,34)35)18(13-36-38)24(40)37(15-28-9-7-27(2,43-28)8-10-28)14-21(39)22-19(30)11-16(32)12-20(22)31/h11-13,17H,3-10,14-15H2,1-2H3,(H,41,42)/t17?,26?,27-,28-. The van der Waals surface area contributed by atoms with Crippen molar-refractivity contribution in [2.24, 2.45) is 5.41 Å². The van der Waals surface area contributed by atoms with Crippen molar-refractivity contribution >= 4 is 40.9 Å². The number of nitrogens with zero attached hydrogens (tertiary/aromatic N) is 3. The molecule has 3 fully saturated rings. The predicted molar refractivity (Wildman–Crippen MR) is 148 cm³/mol. The summed E-state index contributed by atoms with van der Waals surface area (Å²) < 4.78 is 64.6. The molecule has 0 spiro atoms. The number of halogens is 6. The summed E-state index contributed by atoms with van der Waals surface area (Å²) in [5.74, 6) is -3.65. The second-order valence-electron chi connectivity index (χ2n) is 12.5. The number of fused-ring (bicyclic) bond motifs is 2. The van der Waals surface area contributed by atoms with Crippen molar-refractivity contribution in [3.63, 3.8) is 0 Å². The summed E-state index contributed by atoms with van der Waals surface area (Å²) in [7, 11) is 0. The van der Waals surface area contributed by atoms with Crippen molar-refractivity contribution in [2.45, 2.75) is 88.6 Å². The first kappa shape index (κ1) is 31.7. The van der Waals surface area contributed by atoms with E-state index in [1.165, 1.54) is 0 Å². The van der Waals surface area contributed by atoms with Crippen LogP contribution < -0.4 is 0 Å². The summed E-state index contributed by atoms with van der Waals surface area (Å²) in [4.78, 5) is 40.1. The third-order valence-electron chi connectivity index (χ3n) is 9.28. The van der Waals surface area contributed by atoms with E-state index < -0.39 is 70.1 Å². The molecule has 8 nitrogen and oxygen atoms in total. The molecule has 1 aliphatic carbocycles. The van der Waals surface area contributed by atoms with Gasteiger partial charge in [0.2, 0.25) is 0 Å². The van der Waals surface area contributed by atoms with Crippen molar-refractivity contribution in [3.05, 3.63) is 51.0 Å². The molecule has 5 rings (SSSR count). The van der Waals surface area contributed by atoms with Crippen LogP contribution >= 0.6 is 23.2 Å². The molecule has 1 aromatic heterocycles. The van der Waals surface area contributed by atoms with Crippen LogP contribution in [0.5, 0.6) is 0 Å². The Morgan fingerprint density at radius 1 is 1.07 bits per heavy atom. The third-order valence-corrected chi connectivity index (χ3v) is 9.88. The van der Waals surface area contributed by atoms with Gasteiger partial charge in [-0.15, -0.1) is 0 Å². The first-order valence-electron chi connectivity index (χ1n) is 14.0. The summed E-state index contributed by atoms with van der Waals surface area (Å²) in [6, 6.07) is 1.00. The van der Waals surface area contributed by atoms with Crippen LogP contribution in [0.15, 0.2) is 18.3 Å². The number of amides is 1. The van der Waals surface area contributed by atoms with Crippen LogP contribution in [0.4, 0.5) is 17.6 Å². The van der Waals surface area contributed by atoms with Gasteiger partial charge in [-0.05, 0) is 77.3 Å². The van der Waals surface area contributed by atoms with Crippen molar-refractivity contribution < 1.29 is 41.8 Å². The van der Waals surface area contributed by atoms with Gasteiger partial charge in [-0.2, -0.15) is 18.3 Å². The molecule has 3 aliphatic rings. The van der Waals surface area contributed by atoms with Crippen LogP contribution in [-0.4, -0.2) is 61.7 Å². The van der Waals surface area contributed by atoms with Crippen molar-refractivity contribution in [1.29, 1.82) is 0 Å². The minimum absolute atomic E-state index is 0.125. The molecule has 0 unspecified atom stereocenters. The van der Waals surface area contributed by atoms with Gasteiger partial charge in [-0.3, -0.25) is 19.1 Å². The van der Waals surface area contributed by atoms with E-state index in [1.807, 2.05) is 6.92 Å². The number of hydrogen-bond acceptors (Lipinski definition) is 5. The van der Waals surface area contributed by atoms with E-state index in [-0.39, 0.29) is 47.8 Å². The Labute approximate surface area is 255 Å². The zero-order valence-electron chi connectivity index (χ0n) is 23.6. The van der Waals surface area contributed by atoms with Gasteiger partial charge in [0.25, 0.3) is 5.91 Å². The lowest BCUT2D eigenvalue weighted by Crippen LogP contribution is -2.47. The lowest BCUT2D eigenvalue weighted by molar-refractivity contribution is -0.152. The average molecular weight is 648 g/mol. The van der Waals surface area contributed by atoms with Crippen LogP contribution in [0.3, 0.4) is 0 Å². The van der Waals surface area contributed by atoms with Gasteiger partial charge in [-0.1, -0.05) is 23.2 Å². The lowest BCUT2D eigenvalue weighted by Gasteiger charge is -2.35. The summed E-state index contributed by atoms with van der Waals surface area (Å²) in [6.45, 7) is 2.64. The molecule has 2 bridgehead atoms. The Hall–Kier alpha value is -2.70. The van der Waals surface area contributed by atoms with E-state index in [0.717, 1.165) is 27.9 Å². The first-order valence-corrected chi connectivity index (χ1v) is 14.8.